The molecule has 0 N–H and O–H groups in total. The summed E-state index contributed by atoms with van der Waals surface area (Å²) in [7, 11) is 0. The van der Waals surface area contributed by atoms with Gasteiger partial charge in [-0.25, -0.2) is 0 Å². The molecular formula is C38H60O6. The Labute approximate surface area is 266 Å². The van der Waals surface area contributed by atoms with Crippen molar-refractivity contribution < 1.29 is 28.8 Å². The molecule has 0 aromatic heterocycles. The lowest BCUT2D eigenvalue weighted by Crippen LogP contribution is -2.41. The molecular weight excluding hydrogens is 552 g/mol. The third kappa shape index (κ3) is 7.86. The van der Waals surface area contributed by atoms with Gasteiger partial charge in [0.05, 0.1) is 0 Å². The van der Waals surface area contributed by atoms with Crippen LogP contribution in [0.1, 0.15) is 128 Å². The Balaban J connectivity index is 1.82. The largest absolute Gasteiger partial charge is 0.300 e. The zero-order chi connectivity index (χ0) is 33.5. The lowest BCUT2D eigenvalue weighted by Gasteiger charge is -2.35. The number of hydrogen-bond acceptors (Lipinski definition) is 6. The Hall–Kier alpha value is -1.98. The van der Waals surface area contributed by atoms with Crippen LogP contribution < -0.4 is 0 Å². The highest BCUT2D eigenvalue weighted by Gasteiger charge is 2.69. The summed E-state index contributed by atoms with van der Waals surface area (Å²) in [6.45, 7) is 21.5. The summed E-state index contributed by atoms with van der Waals surface area (Å²) in [4.78, 5) is 80.4. The van der Waals surface area contributed by atoms with Gasteiger partial charge in [0.2, 0.25) is 5.78 Å². The van der Waals surface area contributed by atoms with E-state index in [2.05, 4.69) is 13.8 Å². The molecule has 0 saturated heterocycles. The van der Waals surface area contributed by atoms with Gasteiger partial charge in [-0.05, 0) is 53.3 Å². The maximum atomic E-state index is 14.4. The number of carbonyl (C=O) groups excluding carboxylic acids is 6. The predicted molar refractivity (Wildman–Crippen MR) is 173 cm³/mol. The van der Waals surface area contributed by atoms with Crippen LogP contribution in [0.5, 0.6) is 0 Å². The lowest BCUT2D eigenvalue weighted by molar-refractivity contribution is -0.142. The number of ketones is 6. The molecule has 6 nitrogen and oxygen atoms in total. The third-order valence-corrected chi connectivity index (χ3v) is 12.1. The van der Waals surface area contributed by atoms with E-state index in [-0.39, 0.29) is 83.3 Å². The average Bonchev–Trinajstić information content (AvgIpc) is 3.21. The van der Waals surface area contributed by atoms with Gasteiger partial charge in [-0.3, -0.25) is 28.8 Å². The first-order chi connectivity index (χ1) is 20.2. The number of Topliss-reactive ketones (excluding diaryl/α,β-unsaturated/α-hetero) is 6. The van der Waals surface area contributed by atoms with Crippen molar-refractivity contribution in [2.24, 2.45) is 75.9 Å². The molecule has 8 atom stereocenters. The molecule has 248 valence electrons. The standard InChI is InChI=1S/C38H60O6/c1-20(2)22(5)34(42)27(21(3)4)17-26(40)18-30(37(7,8)9)36(44)28-19-29-33(38(29,10)11)32(28)31(41)16-25(35(43)23(6)39)15-24-13-12-14-24/h20-22,24-25,27-30,32-33H,12-19H2,1-11H3. The quantitative estimate of drug-likeness (QED) is 0.157. The molecule has 3 saturated carbocycles. The first-order valence-corrected chi connectivity index (χ1v) is 17.4. The zero-order valence-corrected chi connectivity index (χ0v) is 29.5. The summed E-state index contributed by atoms with van der Waals surface area (Å²) >= 11 is 0. The van der Waals surface area contributed by atoms with Crippen LogP contribution in [0.3, 0.4) is 0 Å². The number of fused-ring (bicyclic) bond motifs is 1. The highest BCUT2D eigenvalue weighted by molar-refractivity contribution is 6.37. The normalized spacial score (nSPS) is 27.2. The smallest absolute Gasteiger partial charge is 0.201 e. The van der Waals surface area contributed by atoms with E-state index >= 15 is 0 Å². The van der Waals surface area contributed by atoms with Gasteiger partial charge in [0.15, 0.2) is 5.78 Å². The van der Waals surface area contributed by atoms with E-state index in [4.69, 9.17) is 0 Å². The second kappa shape index (κ2) is 13.8. The second-order valence-corrected chi connectivity index (χ2v) is 17.2. The van der Waals surface area contributed by atoms with Gasteiger partial charge in [0.1, 0.15) is 23.1 Å². The van der Waals surface area contributed by atoms with Crippen LogP contribution in [0, 0.1) is 75.9 Å². The fourth-order valence-corrected chi connectivity index (χ4v) is 8.40. The summed E-state index contributed by atoms with van der Waals surface area (Å²) in [5, 5.41) is 0. The Morgan fingerprint density at radius 1 is 0.841 bits per heavy atom. The first kappa shape index (κ1) is 36.5. The minimum Gasteiger partial charge on any atom is -0.300 e. The minimum atomic E-state index is -0.610. The van der Waals surface area contributed by atoms with E-state index in [0.29, 0.717) is 18.8 Å². The monoisotopic (exact) mass is 612 g/mol. The van der Waals surface area contributed by atoms with Gasteiger partial charge in [0, 0.05) is 61.7 Å². The van der Waals surface area contributed by atoms with Crippen molar-refractivity contribution in [2.45, 2.75) is 128 Å². The highest BCUT2D eigenvalue weighted by Crippen LogP contribution is 2.71. The van der Waals surface area contributed by atoms with Crippen molar-refractivity contribution in [1.29, 1.82) is 0 Å². The van der Waals surface area contributed by atoms with Crippen LogP contribution in [0.25, 0.3) is 0 Å². The Morgan fingerprint density at radius 2 is 1.43 bits per heavy atom. The minimum absolute atomic E-state index is 0.0215. The van der Waals surface area contributed by atoms with Crippen molar-refractivity contribution in [3.63, 3.8) is 0 Å². The van der Waals surface area contributed by atoms with E-state index in [1.807, 2.05) is 55.4 Å². The molecule has 3 aliphatic carbocycles. The summed E-state index contributed by atoms with van der Waals surface area (Å²) in [6.07, 6.45) is 4.59. The molecule has 0 aromatic carbocycles. The van der Waals surface area contributed by atoms with E-state index < -0.39 is 40.7 Å². The Kier molecular flexibility index (Phi) is 11.4. The molecule has 0 spiro atoms. The SMILES string of the molecule is CC(=O)C(=O)C(CC(=O)C1C(C(=O)C(CC(=O)CC(C(=O)C(C)C(C)C)C(C)C)C(C)(C)C)CC2C1C2(C)C)CC1CCC1. The number of rotatable bonds is 17. The fraction of sp³-hybridized carbons (Fsp3) is 0.842. The van der Waals surface area contributed by atoms with E-state index in [1.54, 1.807) is 0 Å². The molecule has 0 aliphatic heterocycles. The molecule has 3 fully saturated rings. The highest BCUT2D eigenvalue weighted by atomic mass is 16.2. The van der Waals surface area contributed by atoms with Crippen molar-refractivity contribution in [2.75, 3.05) is 0 Å². The van der Waals surface area contributed by atoms with Gasteiger partial charge in [-0.2, -0.15) is 0 Å². The van der Waals surface area contributed by atoms with E-state index in [9.17, 15) is 28.8 Å². The first-order valence-electron chi connectivity index (χ1n) is 17.4. The maximum Gasteiger partial charge on any atom is 0.201 e. The maximum absolute atomic E-state index is 14.4. The van der Waals surface area contributed by atoms with Crippen molar-refractivity contribution >= 4 is 34.7 Å². The van der Waals surface area contributed by atoms with Gasteiger partial charge in [0.25, 0.3) is 0 Å². The molecule has 44 heavy (non-hydrogen) atoms. The molecule has 0 aromatic rings. The lowest BCUT2D eigenvalue weighted by atomic mass is 9.67. The Morgan fingerprint density at radius 3 is 1.89 bits per heavy atom. The summed E-state index contributed by atoms with van der Waals surface area (Å²) < 4.78 is 0. The summed E-state index contributed by atoms with van der Waals surface area (Å²) in [6, 6.07) is 0. The fourth-order valence-electron chi connectivity index (χ4n) is 8.40. The van der Waals surface area contributed by atoms with Crippen LogP contribution in [0.15, 0.2) is 0 Å². The van der Waals surface area contributed by atoms with Crippen molar-refractivity contribution in [1.82, 2.24) is 0 Å². The summed E-state index contributed by atoms with van der Waals surface area (Å²) in [5.74, 6) is -2.74. The Bertz CT molecular complexity index is 1130. The molecule has 3 rings (SSSR count). The van der Waals surface area contributed by atoms with Crippen LogP contribution >= 0.6 is 0 Å². The van der Waals surface area contributed by atoms with Gasteiger partial charge >= 0.3 is 0 Å². The summed E-state index contributed by atoms with van der Waals surface area (Å²) in [5.41, 5.74) is -0.543. The van der Waals surface area contributed by atoms with Crippen LogP contribution in [0.2, 0.25) is 0 Å². The molecule has 8 unspecified atom stereocenters. The molecule has 0 heterocycles. The number of carbonyl (C=O) groups is 6. The van der Waals surface area contributed by atoms with Crippen LogP contribution in [0.4, 0.5) is 0 Å². The molecule has 0 amide bonds. The average molecular weight is 613 g/mol. The van der Waals surface area contributed by atoms with Crippen LogP contribution in [-0.2, 0) is 28.8 Å². The van der Waals surface area contributed by atoms with Crippen LogP contribution in [-0.4, -0.2) is 34.7 Å². The van der Waals surface area contributed by atoms with Gasteiger partial charge in [-0.1, -0.05) is 88.5 Å². The zero-order valence-electron chi connectivity index (χ0n) is 29.5. The molecule has 0 radical (unpaired) electrons. The number of hydrogen-bond donors (Lipinski definition) is 0. The molecule has 6 heteroatoms. The molecule has 3 aliphatic rings. The van der Waals surface area contributed by atoms with Crippen molar-refractivity contribution in [3.8, 4) is 0 Å². The third-order valence-electron chi connectivity index (χ3n) is 12.1. The second-order valence-electron chi connectivity index (χ2n) is 17.2. The molecule has 0 bridgehead atoms. The van der Waals surface area contributed by atoms with Gasteiger partial charge in [-0.15, -0.1) is 0 Å². The van der Waals surface area contributed by atoms with Gasteiger partial charge < -0.3 is 0 Å². The van der Waals surface area contributed by atoms with Crippen molar-refractivity contribution in [3.05, 3.63) is 0 Å². The van der Waals surface area contributed by atoms with E-state index in [1.165, 1.54) is 6.92 Å². The predicted octanol–water partition coefficient (Wildman–Crippen LogP) is 7.53. The topological polar surface area (TPSA) is 102 Å². The van der Waals surface area contributed by atoms with E-state index in [0.717, 1.165) is 19.3 Å².